The number of likely N-dealkylation sites (tertiary alicyclic amines) is 1. The molecule has 2 amide bonds. The van der Waals surface area contributed by atoms with Crippen LogP contribution in [0.15, 0.2) is 30.5 Å². The number of carbonyl (C=O) groups excluding carboxylic acids is 1. The molecule has 25 heavy (non-hydrogen) atoms. The number of ether oxygens (including phenoxy) is 1. The molecule has 1 aromatic carbocycles. The second kappa shape index (κ2) is 7.51. The summed E-state index contributed by atoms with van der Waals surface area (Å²) >= 11 is 0. The van der Waals surface area contributed by atoms with Gasteiger partial charge in [0.15, 0.2) is 0 Å². The molecule has 1 aliphatic heterocycles. The van der Waals surface area contributed by atoms with E-state index >= 15 is 0 Å². The number of hydrogen-bond acceptors (Lipinski definition) is 4. The van der Waals surface area contributed by atoms with E-state index in [1.54, 1.807) is 12.3 Å². The van der Waals surface area contributed by atoms with Gasteiger partial charge in [0.1, 0.15) is 11.9 Å². The minimum Gasteiger partial charge on any atom is -0.474 e. The Morgan fingerprint density at radius 1 is 1.16 bits per heavy atom. The molecular weight excluding hydrogens is 316 g/mol. The van der Waals surface area contributed by atoms with Crippen LogP contribution >= 0.6 is 0 Å². The molecule has 1 aliphatic rings. The van der Waals surface area contributed by atoms with E-state index in [4.69, 9.17) is 4.74 Å². The Kier molecular flexibility index (Phi) is 5.16. The molecule has 0 aliphatic carbocycles. The van der Waals surface area contributed by atoms with Gasteiger partial charge in [-0.1, -0.05) is 6.07 Å². The molecule has 0 atom stereocenters. The van der Waals surface area contributed by atoms with Crippen LogP contribution in [0.3, 0.4) is 0 Å². The second-order valence-electron chi connectivity index (χ2n) is 6.48. The number of aromatic nitrogens is 2. The summed E-state index contributed by atoms with van der Waals surface area (Å²) in [7, 11) is 0. The molecule has 1 N–H and O–H groups in total. The first-order valence-corrected chi connectivity index (χ1v) is 8.61. The molecule has 0 saturated carbocycles. The highest BCUT2D eigenvalue weighted by molar-refractivity contribution is 5.89. The molecule has 6 heteroatoms. The largest absolute Gasteiger partial charge is 0.474 e. The smallest absolute Gasteiger partial charge is 0.321 e. The van der Waals surface area contributed by atoms with Crippen molar-refractivity contribution < 1.29 is 9.53 Å². The van der Waals surface area contributed by atoms with E-state index in [1.165, 1.54) is 11.1 Å². The van der Waals surface area contributed by atoms with Crippen molar-refractivity contribution in [2.45, 2.75) is 39.7 Å². The third-order valence-corrected chi connectivity index (χ3v) is 4.53. The van der Waals surface area contributed by atoms with Gasteiger partial charge in [0.25, 0.3) is 0 Å². The van der Waals surface area contributed by atoms with Gasteiger partial charge in [-0.2, -0.15) is 4.98 Å². The van der Waals surface area contributed by atoms with Gasteiger partial charge in [0, 0.05) is 43.9 Å². The van der Waals surface area contributed by atoms with Crippen LogP contribution in [0.4, 0.5) is 10.5 Å². The fourth-order valence-electron chi connectivity index (χ4n) is 2.87. The number of aryl methyl sites for hydroxylation is 3. The Bertz CT molecular complexity index is 755. The number of nitrogens with zero attached hydrogens (tertiary/aromatic N) is 3. The van der Waals surface area contributed by atoms with Gasteiger partial charge in [-0.3, -0.25) is 0 Å². The summed E-state index contributed by atoms with van der Waals surface area (Å²) in [6.07, 6.45) is 3.37. The molecule has 3 rings (SSSR count). The molecule has 0 spiro atoms. The van der Waals surface area contributed by atoms with Crippen LogP contribution in [-0.2, 0) is 0 Å². The van der Waals surface area contributed by atoms with E-state index in [9.17, 15) is 4.79 Å². The lowest BCUT2D eigenvalue weighted by molar-refractivity contribution is 0.111. The van der Waals surface area contributed by atoms with Gasteiger partial charge in [-0.15, -0.1) is 0 Å². The Morgan fingerprint density at radius 3 is 2.60 bits per heavy atom. The highest BCUT2D eigenvalue weighted by Gasteiger charge is 2.24. The van der Waals surface area contributed by atoms with Gasteiger partial charge in [-0.05, 0) is 44.0 Å². The first-order valence-electron chi connectivity index (χ1n) is 8.61. The lowest BCUT2D eigenvalue weighted by Gasteiger charge is -2.32. The van der Waals surface area contributed by atoms with Gasteiger partial charge in [0.05, 0.1) is 0 Å². The summed E-state index contributed by atoms with van der Waals surface area (Å²) in [6, 6.07) is 7.67. The zero-order valence-corrected chi connectivity index (χ0v) is 15.0. The van der Waals surface area contributed by atoms with Crippen LogP contribution < -0.4 is 10.1 Å². The van der Waals surface area contributed by atoms with Gasteiger partial charge in [-0.25, -0.2) is 9.78 Å². The summed E-state index contributed by atoms with van der Waals surface area (Å²) in [6.45, 7) is 7.29. The molecule has 2 heterocycles. The number of hydrogen-bond donors (Lipinski definition) is 1. The maximum atomic E-state index is 12.4. The van der Waals surface area contributed by atoms with Crippen LogP contribution in [0, 0.1) is 20.8 Å². The monoisotopic (exact) mass is 340 g/mol. The number of urea groups is 1. The summed E-state index contributed by atoms with van der Waals surface area (Å²) in [5.74, 6) is 1.30. The normalized spacial score (nSPS) is 15.1. The van der Waals surface area contributed by atoms with Gasteiger partial charge in [0.2, 0.25) is 5.88 Å². The summed E-state index contributed by atoms with van der Waals surface area (Å²) in [5.41, 5.74) is 3.23. The predicted octanol–water partition coefficient (Wildman–Crippen LogP) is 3.48. The van der Waals surface area contributed by atoms with E-state index in [1.807, 2.05) is 36.9 Å². The van der Waals surface area contributed by atoms with Crippen molar-refractivity contribution in [3.05, 3.63) is 47.4 Å². The second-order valence-corrected chi connectivity index (χ2v) is 6.48. The highest BCUT2D eigenvalue weighted by atomic mass is 16.5. The SMILES string of the molecule is Cc1nccc(OC2CCN(C(=O)Nc3ccc(C)c(C)c3)CC2)n1. The molecule has 0 bridgehead atoms. The molecule has 6 nitrogen and oxygen atoms in total. The zero-order chi connectivity index (χ0) is 17.8. The first-order chi connectivity index (χ1) is 12.0. The minimum atomic E-state index is -0.0559. The molecule has 1 fully saturated rings. The quantitative estimate of drug-likeness (QED) is 0.929. The number of amides is 2. The summed E-state index contributed by atoms with van der Waals surface area (Å²) in [5, 5.41) is 2.98. The number of nitrogens with one attached hydrogen (secondary N) is 1. The van der Waals surface area contributed by atoms with Gasteiger partial charge < -0.3 is 15.0 Å². The fourth-order valence-corrected chi connectivity index (χ4v) is 2.87. The Hall–Kier alpha value is -2.63. The number of carbonyl (C=O) groups is 1. The molecule has 2 aromatic rings. The molecule has 1 aromatic heterocycles. The van der Waals surface area contributed by atoms with Crippen molar-refractivity contribution in [1.82, 2.24) is 14.9 Å². The van der Waals surface area contributed by atoms with Crippen molar-refractivity contribution >= 4 is 11.7 Å². The molecule has 0 radical (unpaired) electrons. The summed E-state index contributed by atoms with van der Waals surface area (Å²) < 4.78 is 5.90. The van der Waals surface area contributed by atoms with Crippen molar-refractivity contribution in [3.63, 3.8) is 0 Å². The first kappa shape index (κ1) is 17.2. The Morgan fingerprint density at radius 2 is 1.92 bits per heavy atom. The average molecular weight is 340 g/mol. The van der Waals surface area contributed by atoms with Crippen molar-refractivity contribution in [3.8, 4) is 5.88 Å². The van der Waals surface area contributed by atoms with Crippen LogP contribution in [-0.4, -0.2) is 40.1 Å². The number of anilines is 1. The van der Waals surface area contributed by atoms with Crippen molar-refractivity contribution in [1.29, 1.82) is 0 Å². The third-order valence-electron chi connectivity index (χ3n) is 4.53. The molecule has 132 valence electrons. The van der Waals surface area contributed by atoms with Gasteiger partial charge >= 0.3 is 6.03 Å². The predicted molar refractivity (Wildman–Crippen MR) is 96.9 cm³/mol. The Labute approximate surface area is 148 Å². The maximum absolute atomic E-state index is 12.4. The van der Waals surface area contributed by atoms with E-state index in [0.717, 1.165) is 18.5 Å². The third kappa shape index (κ3) is 4.47. The molecular formula is C19H24N4O2. The summed E-state index contributed by atoms with van der Waals surface area (Å²) in [4.78, 5) is 22.6. The highest BCUT2D eigenvalue weighted by Crippen LogP contribution is 2.19. The minimum absolute atomic E-state index is 0.0559. The number of piperidine rings is 1. The lowest BCUT2D eigenvalue weighted by Crippen LogP contribution is -2.43. The topological polar surface area (TPSA) is 67.3 Å². The number of rotatable bonds is 3. The fraction of sp³-hybridized carbons (Fsp3) is 0.421. The van der Waals surface area contributed by atoms with Crippen LogP contribution in [0.2, 0.25) is 0 Å². The Balaban J connectivity index is 1.51. The average Bonchev–Trinajstić information content (AvgIpc) is 2.59. The van der Waals surface area contributed by atoms with Crippen molar-refractivity contribution in [2.75, 3.05) is 18.4 Å². The van der Waals surface area contributed by atoms with E-state index in [-0.39, 0.29) is 12.1 Å². The standard InChI is InChI=1S/C19H24N4O2/c1-13-4-5-16(12-14(13)2)22-19(24)23-10-7-17(8-11-23)25-18-6-9-20-15(3)21-18/h4-6,9,12,17H,7-8,10-11H2,1-3H3,(H,22,24). The zero-order valence-electron chi connectivity index (χ0n) is 15.0. The van der Waals surface area contributed by atoms with Crippen LogP contribution in [0.5, 0.6) is 5.88 Å². The number of benzene rings is 1. The van der Waals surface area contributed by atoms with Crippen LogP contribution in [0.25, 0.3) is 0 Å². The van der Waals surface area contributed by atoms with E-state index in [2.05, 4.69) is 22.2 Å². The molecule has 0 unspecified atom stereocenters. The maximum Gasteiger partial charge on any atom is 0.321 e. The molecule has 1 saturated heterocycles. The lowest BCUT2D eigenvalue weighted by atomic mass is 10.1. The van der Waals surface area contributed by atoms with Crippen molar-refractivity contribution in [2.24, 2.45) is 0 Å². The van der Waals surface area contributed by atoms with Crippen LogP contribution in [0.1, 0.15) is 29.8 Å². The van der Waals surface area contributed by atoms with E-state index < -0.39 is 0 Å². The van der Waals surface area contributed by atoms with E-state index in [0.29, 0.717) is 24.8 Å².